The van der Waals surface area contributed by atoms with Gasteiger partial charge in [-0.3, -0.25) is 4.98 Å². The molecule has 16 heavy (non-hydrogen) atoms. The van der Waals surface area contributed by atoms with Crippen molar-refractivity contribution in [3.8, 4) is 0 Å². The molecule has 3 N–H and O–H groups in total. The zero-order valence-electron chi connectivity index (χ0n) is 9.08. The molecule has 1 aliphatic rings. The molecule has 1 saturated heterocycles. The van der Waals surface area contributed by atoms with Crippen LogP contribution in [0, 0.1) is 0 Å². The van der Waals surface area contributed by atoms with E-state index in [1.54, 1.807) is 12.4 Å². The number of rotatable bonds is 3. The van der Waals surface area contributed by atoms with Gasteiger partial charge in [-0.1, -0.05) is 0 Å². The van der Waals surface area contributed by atoms with Gasteiger partial charge in [0, 0.05) is 19.3 Å². The van der Waals surface area contributed by atoms with Gasteiger partial charge < -0.3 is 15.8 Å². The second-order valence-corrected chi connectivity index (χ2v) is 4.81. The number of aromatic nitrogens is 1. The molecule has 1 unspecified atom stereocenters. The van der Waals surface area contributed by atoms with E-state index in [9.17, 15) is 0 Å². The number of nitrogens with one attached hydrogen (secondary N) is 1. The zero-order chi connectivity index (χ0) is 11.4. The van der Waals surface area contributed by atoms with E-state index >= 15 is 0 Å². The predicted octanol–water partition coefficient (Wildman–Crippen LogP) is 2.41. The van der Waals surface area contributed by atoms with Crippen molar-refractivity contribution in [1.82, 2.24) is 4.98 Å². The number of hydrogen-bond acceptors (Lipinski definition) is 4. The summed E-state index contributed by atoms with van der Waals surface area (Å²) in [7, 11) is 0. The number of nitrogen functional groups attached to an aromatic ring is 1. The largest absolute Gasteiger partial charge is 0.396 e. The van der Waals surface area contributed by atoms with Crippen molar-refractivity contribution in [3.05, 3.63) is 16.9 Å². The van der Waals surface area contributed by atoms with Crippen LogP contribution in [0.15, 0.2) is 16.9 Å². The van der Waals surface area contributed by atoms with Crippen LogP contribution in [-0.4, -0.2) is 24.2 Å². The number of nitrogens with two attached hydrogens (primary N) is 1. The first-order chi connectivity index (χ1) is 7.77. The molecule has 1 aliphatic heterocycles. The van der Waals surface area contributed by atoms with Crippen molar-refractivity contribution in [1.29, 1.82) is 0 Å². The molecule has 0 amide bonds. The molecule has 0 aliphatic carbocycles. The molecule has 1 aromatic heterocycles. The summed E-state index contributed by atoms with van der Waals surface area (Å²) in [6.07, 6.45) is 7.23. The highest BCUT2D eigenvalue weighted by atomic mass is 79.9. The first-order valence-electron chi connectivity index (χ1n) is 5.52. The first-order valence-corrected chi connectivity index (χ1v) is 6.31. The Hall–Kier alpha value is -0.810. The van der Waals surface area contributed by atoms with Gasteiger partial charge in [0.05, 0.1) is 28.1 Å². The first kappa shape index (κ1) is 11.7. The van der Waals surface area contributed by atoms with E-state index in [0.717, 1.165) is 29.7 Å². The minimum Gasteiger partial charge on any atom is -0.396 e. The molecule has 1 aromatic rings. The van der Waals surface area contributed by atoms with Gasteiger partial charge in [-0.15, -0.1) is 0 Å². The average molecular weight is 286 g/mol. The maximum Gasteiger partial charge on any atom is 0.0750 e. The molecule has 0 saturated carbocycles. The standard InChI is InChI=1S/C11H16BrN3O/c12-9-6-14-7-10(13)11(9)15-5-8-3-1-2-4-16-8/h6-8H,1-5,13H2,(H,14,15). The van der Waals surface area contributed by atoms with Crippen molar-refractivity contribution in [2.45, 2.75) is 25.4 Å². The Labute approximate surface area is 104 Å². The minimum atomic E-state index is 0.299. The van der Waals surface area contributed by atoms with E-state index in [4.69, 9.17) is 10.5 Å². The molecule has 2 rings (SSSR count). The smallest absolute Gasteiger partial charge is 0.0750 e. The van der Waals surface area contributed by atoms with Crippen molar-refractivity contribution in [2.24, 2.45) is 0 Å². The fraction of sp³-hybridized carbons (Fsp3) is 0.545. The lowest BCUT2D eigenvalue weighted by molar-refractivity contribution is 0.0247. The molecule has 0 aromatic carbocycles. The normalized spacial score (nSPS) is 20.7. The SMILES string of the molecule is Nc1cncc(Br)c1NCC1CCCCO1. The maximum absolute atomic E-state index is 5.84. The fourth-order valence-corrected chi connectivity index (χ4v) is 2.31. The van der Waals surface area contributed by atoms with Gasteiger partial charge in [-0.25, -0.2) is 0 Å². The van der Waals surface area contributed by atoms with Gasteiger partial charge in [0.25, 0.3) is 0 Å². The number of halogens is 1. The van der Waals surface area contributed by atoms with Crippen molar-refractivity contribution >= 4 is 27.3 Å². The Morgan fingerprint density at radius 2 is 2.38 bits per heavy atom. The summed E-state index contributed by atoms with van der Waals surface area (Å²) in [5.74, 6) is 0. The van der Waals surface area contributed by atoms with E-state index < -0.39 is 0 Å². The Morgan fingerprint density at radius 1 is 1.50 bits per heavy atom. The van der Waals surface area contributed by atoms with E-state index in [1.807, 2.05) is 0 Å². The third kappa shape index (κ3) is 2.86. The average Bonchev–Trinajstić information content (AvgIpc) is 2.30. The third-order valence-electron chi connectivity index (χ3n) is 2.71. The number of nitrogens with zero attached hydrogens (tertiary/aromatic N) is 1. The lowest BCUT2D eigenvalue weighted by atomic mass is 10.1. The zero-order valence-corrected chi connectivity index (χ0v) is 10.7. The molecule has 2 heterocycles. The second-order valence-electron chi connectivity index (χ2n) is 3.96. The molecule has 0 bridgehead atoms. The lowest BCUT2D eigenvalue weighted by Crippen LogP contribution is -2.27. The van der Waals surface area contributed by atoms with Crippen LogP contribution in [0.4, 0.5) is 11.4 Å². The topological polar surface area (TPSA) is 60.2 Å². The molecule has 5 heteroatoms. The van der Waals surface area contributed by atoms with Gasteiger partial charge in [-0.05, 0) is 35.2 Å². The molecule has 88 valence electrons. The van der Waals surface area contributed by atoms with Crippen molar-refractivity contribution in [3.63, 3.8) is 0 Å². The highest BCUT2D eigenvalue weighted by Gasteiger charge is 2.14. The second kappa shape index (κ2) is 5.50. The van der Waals surface area contributed by atoms with Gasteiger partial charge in [0.2, 0.25) is 0 Å². The highest BCUT2D eigenvalue weighted by molar-refractivity contribution is 9.10. The quantitative estimate of drug-likeness (QED) is 0.895. The van der Waals surface area contributed by atoms with E-state index in [2.05, 4.69) is 26.2 Å². The third-order valence-corrected chi connectivity index (χ3v) is 3.31. The van der Waals surface area contributed by atoms with Gasteiger partial charge in [-0.2, -0.15) is 0 Å². The molecule has 0 spiro atoms. The number of hydrogen-bond donors (Lipinski definition) is 2. The fourth-order valence-electron chi connectivity index (χ4n) is 1.82. The van der Waals surface area contributed by atoms with Crippen molar-refractivity contribution < 1.29 is 4.74 Å². The van der Waals surface area contributed by atoms with Crippen LogP contribution in [0.5, 0.6) is 0 Å². The van der Waals surface area contributed by atoms with E-state index in [1.165, 1.54) is 12.8 Å². The lowest BCUT2D eigenvalue weighted by Gasteiger charge is -2.23. The summed E-state index contributed by atoms with van der Waals surface area (Å²) < 4.78 is 6.54. The molecular formula is C11H16BrN3O. The van der Waals surface area contributed by atoms with Crippen LogP contribution >= 0.6 is 15.9 Å². The monoisotopic (exact) mass is 285 g/mol. The molecule has 0 radical (unpaired) electrons. The van der Waals surface area contributed by atoms with Crippen LogP contribution in [0.1, 0.15) is 19.3 Å². The highest BCUT2D eigenvalue weighted by Crippen LogP contribution is 2.27. The number of anilines is 2. The summed E-state index contributed by atoms with van der Waals surface area (Å²) >= 11 is 3.43. The van der Waals surface area contributed by atoms with Gasteiger partial charge >= 0.3 is 0 Å². The molecule has 4 nitrogen and oxygen atoms in total. The van der Waals surface area contributed by atoms with Crippen LogP contribution in [0.25, 0.3) is 0 Å². The van der Waals surface area contributed by atoms with Crippen molar-refractivity contribution in [2.75, 3.05) is 24.2 Å². The Morgan fingerprint density at radius 3 is 3.06 bits per heavy atom. The van der Waals surface area contributed by atoms with Crippen LogP contribution in [0.2, 0.25) is 0 Å². The molecule has 1 fully saturated rings. The van der Waals surface area contributed by atoms with E-state index in [-0.39, 0.29) is 0 Å². The minimum absolute atomic E-state index is 0.299. The Balaban J connectivity index is 1.93. The van der Waals surface area contributed by atoms with E-state index in [0.29, 0.717) is 11.8 Å². The maximum atomic E-state index is 5.84. The molecule has 1 atom stereocenters. The Kier molecular flexibility index (Phi) is 4.01. The summed E-state index contributed by atoms with van der Waals surface area (Å²) in [5.41, 5.74) is 7.41. The summed E-state index contributed by atoms with van der Waals surface area (Å²) in [6, 6.07) is 0. The number of ether oxygens (including phenoxy) is 1. The Bertz CT molecular complexity index is 333. The summed E-state index contributed by atoms with van der Waals surface area (Å²) in [4.78, 5) is 4.00. The summed E-state index contributed by atoms with van der Waals surface area (Å²) in [6.45, 7) is 1.67. The molecular weight excluding hydrogens is 270 g/mol. The van der Waals surface area contributed by atoms with Gasteiger partial charge in [0.1, 0.15) is 0 Å². The van der Waals surface area contributed by atoms with Crippen LogP contribution in [-0.2, 0) is 4.74 Å². The number of pyridine rings is 1. The predicted molar refractivity (Wildman–Crippen MR) is 68.4 cm³/mol. The van der Waals surface area contributed by atoms with Gasteiger partial charge in [0.15, 0.2) is 0 Å². The summed E-state index contributed by atoms with van der Waals surface area (Å²) in [5, 5.41) is 3.31. The van der Waals surface area contributed by atoms with Crippen LogP contribution in [0.3, 0.4) is 0 Å². The van der Waals surface area contributed by atoms with Crippen LogP contribution < -0.4 is 11.1 Å².